The fourth-order valence-corrected chi connectivity index (χ4v) is 4.31. The Bertz CT molecular complexity index is 1140. The maximum atomic E-state index is 12.8. The van der Waals surface area contributed by atoms with Crippen molar-refractivity contribution in [2.75, 3.05) is 42.1 Å². The third-order valence-corrected chi connectivity index (χ3v) is 6.52. The zero-order valence-electron chi connectivity index (χ0n) is 19.7. The maximum Gasteiger partial charge on any atom is 0.277 e. The van der Waals surface area contributed by atoms with Gasteiger partial charge in [-0.3, -0.25) is 9.59 Å². The number of nitrogens with zero attached hydrogens (tertiary/aromatic N) is 4. The van der Waals surface area contributed by atoms with E-state index in [9.17, 15) is 9.59 Å². The largest absolute Gasteiger partial charge is 0.416 e. The highest BCUT2D eigenvalue weighted by Crippen LogP contribution is 2.23. The van der Waals surface area contributed by atoms with E-state index in [-0.39, 0.29) is 23.5 Å². The van der Waals surface area contributed by atoms with Gasteiger partial charge in [0, 0.05) is 49.0 Å². The summed E-state index contributed by atoms with van der Waals surface area (Å²) in [5, 5.41) is 11.2. The number of aromatic nitrogens is 2. The van der Waals surface area contributed by atoms with Crippen LogP contribution in [0.2, 0.25) is 0 Å². The van der Waals surface area contributed by atoms with Gasteiger partial charge >= 0.3 is 0 Å². The Morgan fingerprint density at radius 2 is 1.74 bits per heavy atom. The molecule has 9 heteroatoms. The number of benzene rings is 2. The average Bonchev–Trinajstić information content (AvgIpc) is 3.33. The Labute approximate surface area is 203 Å². The van der Waals surface area contributed by atoms with Gasteiger partial charge in [0.2, 0.25) is 11.8 Å². The molecular formula is C25H29N5O3S. The minimum atomic E-state index is -0.134. The molecule has 34 heavy (non-hydrogen) atoms. The first-order chi connectivity index (χ1) is 16.4. The molecule has 2 heterocycles. The number of carbonyl (C=O) groups is 2. The Hall–Kier alpha value is -3.33. The van der Waals surface area contributed by atoms with Gasteiger partial charge < -0.3 is 19.5 Å². The standard InChI is InChI=1S/C25H29N5O3S/c1-17(2)23-27-28-25(33-23)34-16-22(31)26-19-8-10-20(11-9-19)29-12-14-30(15-13-29)24(32)21-7-5-4-6-18(21)3/h4-11,17H,12-16H2,1-3H3,(H,26,31). The molecule has 0 unspecified atom stereocenters. The van der Waals surface area contributed by atoms with Crippen LogP contribution in [0.1, 0.15) is 41.6 Å². The third-order valence-electron chi connectivity index (χ3n) is 5.70. The number of amides is 2. The van der Waals surface area contributed by atoms with E-state index in [1.165, 1.54) is 11.8 Å². The average molecular weight is 480 g/mol. The van der Waals surface area contributed by atoms with Crippen LogP contribution in [0.5, 0.6) is 0 Å². The Morgan fingerprint density at radius 3 is 2.38 bits per heavy atom. The summed E-state index contributed by atoms with van der Waals surface area (Å²) < 4.78 is 5.51. The summed E-state index contributed by atoms with van der Waals surface area (Å²) >= 11 is 1.22. The van der Waals surface area contributed by atoms with Gasteiger partial charge in [-0.2, -0.15) is 0 Å². The van der Waals surface area contributed by atoms with Crippen molar-refractivity contribution in [1.29, 1.82) is 0 Å². The number of thioether (sulfide) groups is 1. The second kappa shape index (κ2) is 10.7. The molecule has 0 atom stereocenters. The van der Waals surface area contributed by atoms with Crippen molar-refractivity contribution >= 4 is 35.0 Å². The van der Waals surface area contributed by atoms with Gasteiger partial charge in [-0.1, -0.05) is 43.8 Å². The molecular weight excluding hydrogens is 450 g/mol. The van der Waals surface area contributed by atoms with Crippen LogP contribution < -0.4 is 10.2 Å². The summed E-state index contributed by atoms with van der Waals surface area (Å²) in [4.78, 5) is 29.3. The monoisotopic (exact) mass is 479 g/mol. The predicted octanol–water partition coefficient (Wildman–Crippen LogP) is 4.19. The summed E-state index contributed by atoms with van der Waals surface area (Å²) in [6.45, 7) is 8.81. The molecule has 178 valence electrons. The lowest BCUT2D eigenvalue weighted by Crippen LogP contribution is -2.48. The van der Waals surface area contributed by atoms with Gasteiger partial charge in [0.15, 0.2) is 0 Å². The summed E-state index contributed by atoms with van der Waals surface area (Å²) in [6.07, 6.45) is 0. The molecule has 1 aromatic heterocycles. The van der Waals surface area contributed by atoms with Crippen LogP contribution in [0, 0.1) is 6.92 Å². The molecule has 8 nitrogen and oxygen atoms in total. The highest BCUT2D eigenvalue weighted by molar-refractivity contribution is 7.99. The van der Waals surface area contributed by atoms with Crippen LogP contribution in [0.3, 0.4) is 0 Å². The minimum Gasteiger partial charge on any atom is -0.416 e. The summed E-state index contributed by atoms with van der Waals surface area (Å²) in [6, 6.07) is 15.5. The molecule has 1 fully saturated rings. The molecule has 0 saturated carbocycles. The fourth-order valence-electron chi connectivity index (χ4n) is 3.74. The van der Waals surface area contributed by atoms with Crippen molar-refractivity contribution < 1.29 is 14.0 Å². The van der Waals surface area contributed by atoms with Gasteiger partial charge in [0.1, 0.15) is 0 Å². The second-order valence-electron chi connectivity index (χ2n) is 8.54. The summed E-state index contributed by atoms with van der Waals surface area (Å²) in [7, 11) is 0. The highest BCUT2D eigenvalue weighted by Gasteiger charge is 2.23. The Morgan fingerprint density at radius 1 is 1.03 bits per heavy atom. The van der Waals surface area contributed by atoms with Crippen LogP contribution in [-0.4, -0.2) is 58.8 Å². The van der Waals surface area contributed by atoms with E-state index >= 15 is 0 Å². The van der Waals surface area contributed by atoms with Crippen LogP contribution in [0.25, 0.3) is 0 Å². The van der Waals surface area contributed by atoms with Crippen molar-refractivity contribution in [3.63, 3.8) is 0 Å². The van der Waals surface area contributed by atoms with Crippen molar-refractivity contribution in [2.24, 2.45) is 0 Å². The van der Waals surface area contributed by atoms with Crippen LogP contribution in [-0.2, 0) is 4.79 Å². The van der Waals surface area contributed by atoms with Gasteiger partial charge in [-0.15, -0.1) is 10.2 Å². The minimum absolute atomic E-state index is 0.0923. The normalized spacial score (nSPS) is 13.9. The lowest BCUT2D eigenvalue weighted by Gasteiger charge is -2.36. The predicted molar refractivity (Wildman–Crippen MR) is 133 cm³/mol. The molecule has 1 saturated heterocycles. The van der Waals surface area contributed by atoms with Gasteiger partial charge in [0.05, 0.1) is 5.75 Å². The zero-order valence-corrected chi connectivity index (χ0v) is 20.5. The van der Waals surface area contributed by atoms with E-state index in [0.29, 0.717) is 24.2 Å². The number of hydrogen-bond donors (Lipinski definition) is 1. The molecule has 2 amide bonds. The zero-order chi connectivity index (χ0) is 24.1. The second-order valence-corrected chi connectivity index (χ2v) is 9.47. The van der Waals surface area contributed by atoms with Crippen molar-refractivity contribution in [3.05, 3.63) is 65.5 Å². The first-order valence-electron chi connectivity index (χ1n) is 11.4. The van der Waals surface area contributed by atoms with E-state index in [1.54, 1.807) is 0 Å². The number of rotatable bonds is 7. The van der Waals surface area contributed by atoms with Crippen molar-refractivity contribution in [3.8, 4) is 0 Å². The molecule has 0 radical (unpaired) electrons. The first kappa shape index (κ1) is 23.8. The molecule has 1 aliphatic rings. The van der Waals surface area contributed by atoms with E-state index in [0.717, 1.165) is 35.6 Å². The molecule has 4 rings (SSSR count). The third kappa shape index (κ3) is 5.77. The number of carbonyl (C=O) groups excluding carboxylic acids is 2. The molecule has 0 spiro atoms. The van der Waals surface area contributed by atoms with Crippen LogP contribution >= 0.6 is 11.8 Å². The Balaban J connectivity index is 1.25. The van der Waals surface area contributed by atoms with Crippen LogP contribution in [0.4, 0.5) is 11.4 Å². The number of piperazine rings is 1. The Kier molecular flexibility index (Phi) is 7.52. The SMILES string of the molecule is Cc1ccccc1C(=O)N1CCN(c2ccc(NC(=O)CSc3nnc(C(C)C)o3)cc2)CC1. The van der Waals surface area contributed by atoms with E-state index in [1.807, 2.05) is 74.2 Å². The lowest BCUT2D eigenvalue weighted by molar-refractivity contribution is -0.113. The van der Waals surface area contributed by atoms with Crippen LogP contribution in [0.15, 0.2) is 58.2 Å². The lowest BCUT2D eigenvalue weighted by atomic mass is 10.1. The topological polar surface area (TPSA) is 91.6 Å². The first-order valence-corrected chi connectivity index (χ1v) is 12.3. The molecule has 1 N–H and O–H groups in total. The quantitative estimate of drug-likeness (QED) is 0.508. The summed E-state index contributed by atoms with van der Waals surface area (Å²) in [5.41, 5.74) is 3.58. The molecule has 3 aromatic rings. The fraction of sp³-hybridized carbons (Fsp3) is 0.360. The van der Waals surface area contributed by atoms with Gasteiger partial charge in [-0.05, 0) is 42.8 Å². The molecule has 0 aliphatic carbocycles. The number of anilines is 2. The molecule has 0 bridgehead atoms. The number of nitrogens with one attached hydrogen (secondary N) is 1. The van der Waals surface area contributed by atoms with Crippen molar-refractivity contribution in [2.45, 2.75) is 31.9 Å². The summed E-state index contributed by atoms with van der Waals surface area (Å²) in [5.74, 6) is 0.878. The van der Waals surface area contributed by atoms with E-state index < -0.39 is 0 Å². The van der Waals surface area contributed by atoms with E-state index in [2.05, 4.69) is 20.4 Å². The van der Waals surface area contributed by atoms with Gasteiger partial charge in [-0.25, -0.2) is 0 Å². The highest BCUT2D eigenvalue weighted by atomic mass is 32.2. The number of hydrogen-bond acceptors (Lipinski definition) is 7. The molecule has 1 aliphatic heterocycles. The van der Waals surface area contributed by atoms with E-state index in [4.69, 9.17) is 4.42 Å². The maximum absolute atomic E-state index is 12.8. The smallest absolute Gasteiger partial charge is 0.277 e. The van der Waals surface area contributed by atoms with Gasteiger partial charge in [0.25, 0.3) is 11.1 Å². The van der Waals surface area contributed by atoms with Crippen molar-refractivity contribution in [1.82, 2.24) is 15.1 Å². The molecule has 2 aromatic carbocycles. The number of aryl methyl sites for hydroxylation is 1.